The molecule has 1 unspecified atom stereocenters. The Morgan fingerprint density at radius 1 is 0.885 bits per heavy atom. The summed E-state index contributed by atoms with van der Waals surface area (Å²) in [5.74, 6) is 0.391. The summed E-state index contributed by atoms with van der Waals surface area (Å²) in [4.78, 5) is 0. The molecule has 0 radical (unpaired) electrons. The Labute approximate surface area is 159 Å². The summed E-state index contributed by atoms with van der Waals surface area (Å²) in [5, 5.41) is 1.55. The van der Waals surface area contributed by atoms with Crippen LogP contribution in [0.15, 0.2) is 66.9 Å². The highest BCUT2D eigenvalue weighted by Gasteiger charge is 2.28. The average Bonchev–Trinajstić information content (AvgIpc) is 2.61. The molecule has 0 saturated carbocycles. The molecule has 0 N–H and O–H groups in total. The lowest BCUT2D eigenvalue weighted by molar-refractivity contribution is -0.659. The molecule has 3 aromatic rings. The van der Waals surface area contributed by atoms with Gasteiger partial charge in [0.1, 0.15) is 7.05 Å². The third-order valence-electron chi connectivity index (χ3n) is 5.30. The largest absolute Gasteiger partial charge is 0.212 e. The first kappa shape index (κ1) is 18.6. The van der Waals surface area contributed by atoms with Gasteiger partial charge in [-0.15, -0.1) is 0 Å². The van der Waals surface area contributed by atoms with Crippen molar-refractivity contribution in [2.75, 3.05) is 0 Å². The number of benzene rings is 2. The van der Waals surface area contributed by atoms with Gasteiger partial charge in [-0.25, -0.2) is 4.57 Å². The molecule has 1 aromatic heterocycles. The summed E-state index contributed by atoms with van der Waals surface area (Å²) in [5.41, 5.74) is 6.80. The highest BCUT2D eigenvalue weighted by molar-refractivity contribution is 6.89. The molecule has 3 rings (SSSR count). The molecule has 0 amide bonds. The molecule has 0 spiro atoms. The van der Waals surface area contributed by atoms with Gasteiger partial charge in [-0.3, -0.25) is 0 Å². The molecule has 2 aromatic carbocycles. The Morgan fingerprint density at radius 2 is 1.50 bits per heavy atom. The van der Waals surface area contributed by atoms with Crippen molar-refractivity contribution < 1.29 is 4.57 Å². The quantitative estimate of drug-likeness (QED) is 0.446. The first-order valence-corrected chi connectivity index (χ1v) is 12.9. The van der Waals surface area contributed by atoms with Crippen LogP contribution in [-0.2, 0) is 7.05 Å². The molecule has 0 aliphatic carbocycles. The van der Waals surface area contributed by atoms with Gasteiger partial charge in [-0.05, 0) is 29.7 Å². The fourth-order valence-electron chi connectivity index (χ4n) is 3.70. The highest BCUT2D eigenvalue weighted by atomic mass is 28.3. The van der Waals surface area contributed by atoms with Crippen LogP contribution in [0.3, 0.4) is 0 Å². The second-order valence-electron chi connectivity index (χ2n) is 8.34. The van der Waals surface area contributed by atoms with Crippen molar-refractivity contribution in [1.82, 2.24) is 0 Å². The number of hydrogen-bond acceptors (Lipinski definition) is 0. The van der Waals surface area contributed by atoms with E-state index in [-0.39, 0.29) is 0 Å². The molecule has 1 atom stereocenters. The van der Waals surface area contributed by atoms with Crippen LogP contribution in [0, 0.1) is 6.92 Å². The van der Waals surface area contributed by atoms with Crippen LogP contribution in [0.1, 0.15) is 29.5 Å². The van der Waals surface area contributed by atoms with Crippen molar-refractivity contribution in [3.63, 3.8) is 0 Å². The van der Waals surface area contributed by atoms with Gasteiger partial charge in [-0.1, -0.05) is 75.1 Å². The minimum absolute atomic E-state index is 0.391. The maximum absolute atomic E-state index is 2.44. The lowest BCUT2D eigenvalue weighted by atomic mass is 9.92. The number of aryl methyl sites for hydroxylation is 2. The smallest absolute Gasteiger partial charge is 0.201 e. The van der Waals surface area contributed by atoms with Crippen LogP contribution >= 0.6 is 0 Å². The maximum atomic E-state index is 2.44. The predicted octanol–water partition coefficient (Wildman–Crippen LogP) is 5.18. The van der Waals surface area contributed by atoms with Crippen molar-refractivity contribution in [3.8, 4) is 11.3 Å². The summed E-state index contributed by atoms with van der Waals surface area (Å²) < 4.78 is 2.32. The first-order chi connectivity index (χ1) is 12.3. The van der Waals surface area contributed by atoms with Crippen LogP contribution in [-0.4, -0.2) is 8.07 Å². The number of rotatable bonds is 4. The molecule has 26 heavy (non-hydrogen) atoms. The third-order valence-corrected chi connectivity index (χ3v) is 7.33. The Kier molecular flexibility index (Phi) is 5.15. The molecule has 0 fully saturated rings. The van der Waals surface area contributed by atoms with Crippen LogP contribution in [0.2, 0.25) is 19.6 Å². The molecule has 1 heterocycles. The SMILES string of the molecule is Cc1ccccc1-c1cc(C(C)c2ccccc2)c([Si](C)(C)C)c[n+]1C. The van der Waals surface area contributed by atoms with E-state index in [4.69, 9.17) is 0 Å². The Bertz CT molecular complexity index is 907. The summed E-state index contributed by atoms with van der Waals surface area (Å²) in [6, 6.07) is 22.0. The van der Waals surface area contributed by atoms with Crippen molar-refractivity contribution in [1.29, 1.82) is 0 Å². The maximum Gasteiger partial charge on any atom is 0.212 e. The lowest BCUT2D eigenvalue weighted by Crippen LogP contribution is -2.47. The van der Waals surface area contributed by atoms with Crippen molar-refractivity contribution in [2.45, 2.75) is 39.4 Å². The molecule has 1 nitrogen and oxygen atoms in total. The van der Waals surface area contributed by atoms with E-state index in [1.165, 1.54) is 27.9 Å². The van der Waals surface area contributed by atoms with E-state index >= 15 is 0 Å². The molecule has 0 aliphatic rings. The molecule has 0 bridgehead atoms. The van der Waals surface area contributed by atoms with Gasteiger partial charge in [0.25, 0.3) is 0 Å². The minimum Gasteiger partial charge on any atom is -0.201 e. The zero-order chi connectivity index (χ0) is 18.9. The van der Waals surface area contributed by atoms with Crippen molar-refractivity contribution >= 4 is 13.3 Å². The Morgan fingerprint density at radius 3 is 2.12 bits per heavy atom. The van der Waals surface area contributed by atoms with Gasteiger partial charge in [0.15, 0.2) is 6.20 Å². The second kappa shape index (κ2) is 7.20. The number of nitrogens with zero attached hydrogens (tertiary/aromatic N) is 1. The standard InChI is InChI=1S/C24H30NSi/c1-18-12-10-11-15-21(18)23-16-22(19(2)20-13-8-7-9-14-20)24(17-25(23)3)26(4,5)6/h7-17,19H,1-6H3/q+1. The van der Waals surface area contributed by atoms with E-state index in [0.29, 0.717) is 5.92 Å². The second-order valence-corrected chi connectivity index (χ2v) is 13.4. The van der Waals surface area contributed by atoms with Gasteiger partial charge in [0.2, 0.25) is 5.69 Å². The summed E-state index contributed by atoms with van der Waals surface area (Å²) in [6.07, 6.45) is 2.39. The van der Waals surface area contributed by atoms with Gasteiger partial charge in [-0.2, -0.15) is 0 Å². The summed E-state index contributed by atoms with van der Waals surface area (Å²) >= 11 is 0. The molecular weight excluding hydrogens is 330 g/mol. The van der Waals surface area contributed by atoms with Crippen molar-refractivity contribution in [3.05, 3.63) is 83.6 Å². The van der Waals surface area contributed by atoms with Crippen LogP contribution in [0.25, 0.3) is 11.3 Å². The third kappa shape index (κ3) is 3.66. The van der Waals surface area contributed by atoms with Crippen LogP contribution < -0.4 is 9.75 Å². The summed E-state index contributed by atoms with van der Waals surface area (Å²) in [6.45, 7) is 11.9. The number of hydrogen-bond donors (Lipinski definition) is 0. The minimum atomic E-state index is -1.46. The van der Waals surface area contributed by atoms with E-state index in [1.54, 1.807) is 5.19 Å². The molecular formula is C24H30NSi+. The summed E-state index contributed by atoms with van der Waals surface area (Å²) in [7, 11) is 0.720. The Hall–Kier alpha value is -2.19. The molecule has 0 saturated heterocycles. The monoisotopic (exact) mass is 360 g/mol. The van der Waals surface area contributed by atoms with Gasteiger partial charge in [0.05, 0.1) is 8.07 Å². The fraction of sp³-hybridized carbons (Fsp3) is 0.292. The predicted molar refractivity (Wildman–Crippen MR) is 115 cm³/mol. The highest BCUT2D eigenvalue weighted by Crippen LogP contribution is 2.28. The zero-order valence-corrected chi connectivity index (χ0v) is 17.9. The average molecular weight is 361 g/mol. The van der Waals surface area contributed by atoms with E-state index in [1.807, 2.05) is 0 Å². The van der Waals surface area contributed by atoms with Gasteiger partial charge in [0, 0.05) is 22.7 Å². The van der Waals surface area contributed by atoms with E-state index in [0.717, 1.165) is 0 Å². The normalized spacial score (nSPS) is 12.8. The van der Waals surface area contributed by atoms with Crippen LogP contribution in [0.5, 0.6) is 0 Å². The topological polar surface area (TPSA) is 3.88 Å². The number of aromatic nitrogens is 1. The van der Waals surface area contributed by atoms with Gasteiger partial charge < -0.3 is 0 Å². The lowest BCUT2D eigenvalue weighted by Gasteiger charge is -2.24. The van der Waals surface area contributed by atoms with E-state index in [9.17, 15) is 0 Å². The molecule has 134 valence electrons. The van der Waals surface area contributed by atoms with E-state index in [2.05, 4.69) is 112 Å². The zero-order valence-electron chi connectivity index (χ0n) is 16.9. The fourth-order valence-corrected chi connectivity index (χ4v) is 5.43. The number of pyridine rings is 1. The van der Waals surface area contributed by atoms with Gasteiger partial charge >= 0.3 is 0 Å². The van der Waals surface area contributed by atoms with Crippen LogP contribution in [0.4, 0.5) is 0 Å². The Balaban J connectivity index is 2.24. The van der Waals surface area contributed by atoms with Crippen molar-refractivity contribution in [2.24, 2.45) is 7.05 Å². The molecule has 0 aliphatic heterocycles. The van der Waals surface area contributed by atoms with E-state index < -0.39 is 8.07 Å². The first-order valence-electron chi connectivity index (χ1n) is 9.44. The molecule has 2 heteroatoms.